The summed E-state index contributed by atoms with van der Waals surface area (Å²) in [7, 11) is 0. The van der Waals surface area contributed by atoms with Crippen molar-refractivity contribution in [3.8, 4) is 0 Å². The van der Waals surface area contributed by atoms with Gasteiger partial charge in [0.2, 0.25) is 0 Å². The molecule has 0 saturated carbocycles. The lowest BCUT2D eigenvalue weighted by atomic mass is 9.75. The zero-order chi connectivity index (χ0) is 14.4. The monoisotopic (exact) mass is 338 g/mol. The minimum absolute atomic E-state index is 0.0113. The number of rotatable bonds is 4. The number of ether oxygens (including phenoxy) is 2. The van der Waals surface area contributed by atoms with E-state index in [2.05, 4.69) is 61.0 Å². The van der Waals surface area contributed by atoms with Crippen LogP contribution in [0.4, 0.5) is 0 Å². The molecule has 20 heavy (non-hydrogen) atoms. The average molecular weight is 339 g/mol. The molecular weight excluding hydrogens is 316 g/mol. The summed E-state index contributed by atoms with van der Waals surface area (Å²) < 4.78 is 12.6. The van der Waals surface area contributed by atoms with Crippen LogP contribution in [-0.4, -0.2) is 21.6 Å². The topological polar surface area (TPSA) is 18.5 Å². The lowest BCUT2D eigenvalue weighted by molar-refractivity contribution is -0.0912. The van der Waals surface area contributed by atoms with E-state index in [4.69, 9.17) is 9.47 Å². The summed E-state index contributed by atoms with van der Waals surface area (Å²) in [4.78, 5) is 0. The van der Waals surface area contributed by atoms with Gasteiger partial charge in [0.05, 0.1) is 23.9 Å². The Bertz CT molecular complexity index is 482. The van der Waals surface area contributed by atoms with Crippen LogP contribution >= 0.6 is 15.9 Å². The molecule has 1 aromatic carbocycles. The molecule has 3 rings (SSSR count). The Labute approximate surface area is 130 Å². The van der Waals surface area contributed by atoms with Crippen molar-refractivity contribution in [2.75, 3.05) is 0 Å². The highest BCUT2D eigenvalue weighted by Crippen LogP contribution is 2.58. The first-order chi connectivity index (χ1) is 9.35. The molecule has 2 saturated heterocycles. The van der Waals surface area contributed by atoms with Gasteiger partial charge >= 0.3 is 0 Å². The molecule has 0 N–H and O–H groups in total. The van der Waals surface area contributed by atoms with E-state index < -0.39 is 0 Å². The first-order valence-electron chi connectivity index (χ1n) is 7.39. The molecule has 0 aliphatic carbocycles. The smallest absolute Gasteiger partial charge is 0.0925 e. The van der Waals surface area contributed by atoms with Crippen molar-refractivity contribution in [1.29, 1.82) is 0 Å². The maximum absolute atomic E-state index is 6.44. The number of hydrogen-bond donors (Lipinski definition) is 0. The van der Waals surface area contributed by atoms with E-state index in [0.29, 0.717) is 6.61 Å². The van der Waals surface area contributed by atoms with Gasteiger partial charge in [-0.25, -0.2) is 0 Å². The van der Waals surface area contributed by atoms with Crippen LogP contribution in [0.15, 0.2) is 30.3 Å². The fraction of sp³-hybridized carbons (Fsp3) is 0.647. The van der Waals surface area contributed by atoms with E-state index in [9.17, 15) is 0 Å². The van der Waals surface area contributed by atoms with Gasteiger partial charge in [0.25, 0.3) is 0 Å². The highest BCUT2D eigenvalue weighted by molar-refractivity contribution is 9.10. The van der Waals surface area contributed by atoms with Crippen molar-refractivity contribution >= 4 is 15.9 Å². The summed E-state index contributed by atoms with van der Waals surface area (Å²) >= 11 is 3.82. The molecule has 2 heterocycles. The molecule has 0 radical (unpaired) electrons. The van der Waals surface area contributed by atoms with Crippen molar-refractivity contribution in [3.05, 3.63) is 35.9 Å². The summed E-state index contributed by atoms with van der Waals surface area (Å²) in [6, 6.07) is 10.4. The van der Waals surface area contributed by atoms with Gasteiger partial charge in [0, 0.05) is 10.7 Å². The molecule has 2 bridgehead atoms. The number of alkyl halides is 1. The van der Waals surface area contributed by atoms with E-state index in [0.717, 1.165) is 19.3 Å². The van der Waals surface area contributed by atoms with Crippen LogP contribution < -0.4 is 0 Å². The molecule has 2 nitrogen and oxygen atoms in total. The maximum atomic E-state index is 6.44. The standard InChI is InChI=1S/C17H23BrO2/c1-15(2,18)17-10-9-16(3,20-17)14(11-17)19-12-13-7-5-4-6-8-13/h4-8,14H,9-12H2,1-3H3/t14-,16+,17-/m0/s1. The lowest BCUT2D eigenvalue weighted by Crippen LogP contribution is -2.45. The second-order valence-electron chi connectivity index (χ2n) is 6.87. The van der Waals surface area contributed by atoms with Gasteiger partial charge in [-0.15, -0.1) is 0 Å². The van der Waals surface area contributed by atoms with Gasteiger partial charge in [0.15, 0.2) is 0 Å². The van der Waals surface area contributed by atoms with Crippen molar-refractivity contribution in [3.63, 3.8) is 0 Å². The van der Waals surface area contributed by atoms with Crippen molar-refractivity contribution in [2.45, 2.75) is 68.3 Å². The first kappa shape index (κ1) is 14.6. The molecule has 0 unspecified atom stereocenters. The molecule has 2 fully saturated rings. The second kappa shape index (κ2) is 4.82. The highest BCUT2D eigenvalue weighted by atomic mass is 79.9. The molecule has 3 atom stereocenters. The van der Waals surface area contributed by atoms with Gasteiger partial charge in [-0.1, -0.05) is 46.3 Å². The lowest BCUT2D eigenvalue weighted by Gasteiger charge is -2.37. The highest BCUT2D eigenvalue weighted by Gasteiger charge is 2.64. The molecule has 0 aromatic heterocycles. The summed E-state index contributed by atoms with van der Waals surface area (Å²) in [5.74, 6) is 0. The third-order valence-corrected chi connectivity index (χ3v) is 5.75. The molecular formula is C17H23BrO2. The largest absolute Gasteiger partial charge is 0.370 e. The molecule has 2 aliphatic heterocycles. The van der Waals surface area contributed by atoms with Crippen LogP contribution in [0.2, 0.25) is 0 Å². The van der Waals surface area contributed by atoms with E-state index in [1.165, 1.54) is 5.56 Å². The number of hydrogen-bond acceptors (Lipinski definition) is 2. The minimum Gasteiger partial charge on any atom is -0.370 e. The van der Waals surface area contributed by atoms with Gasteiger partial charge in [-0.3, -0.25) is 0 Å². The van der Waals surface area contributed by atoms with Gasteiger partial charge in [-0.2, -0.15) is 0 Å². The van der Waals surface area contributed by atoms with E-state index in [1.54, 1.807) is 0 Å². The Morgan fingerprint density at radius 3 is 2.60 bits per heavy atom. The van der Waals surface area contributed by atoms with E-state index >= 15 is 0 Å². The molecule has 0 amide bonds. The summed E-state index contributed by atoms with van der Waals surface area (Å²) in [5, 5.41) is 0. The van der Waals surface area contributed by atoms with Crippen molar-refractivity contribution < 1.29 is 9.47 Å². The van der Waals surface area contributed by atoms with Gasteiger partial charge < -0.3 is 9.47 Å². The van der Waals surface area contributed by atoms with Gasteiger partial charge in [-0.05, 0) is 39.2 Å². The Kier molecular flexibility index (Phi) is 3.51. The van der Waals surface area contributed by atoms with Crippen LogP contribution in [0.5, 0.6) is 0 Å². The Balaban J connectivity index is 1.70. The Morgan fingerprint density at radius 2 is 2.00 bits per heavy atom. The quantitative estimate of drug-likeness (QED) is 0.754. The Hall–Kier alpha value is -0.380. The zero-order valence-corrected chi connectivity index (χ0v) is 14.1. The normalized spacial score (nSPS) is 36.5. The van der Waals surface area contributed by atoms with Crippen LogP contribution in [0.3, 0.4) is 0 Å². The minimum atomic E-state index is -0.125. The molecule has 3 heteroatoms. The second-order valence-corrected chi connectivity index (χ2v) is 8.85. The van der Waals surface area contributed by atoms with E-state index in [1.807, 2.05) is 6.07 Å². The summed E-state index contributed by atoms with van der Waals surface area (Å²) in [5.41, 5.74) is 1.02. The number of benzene rings is 1. The van der Waals surface area contributed by atoms with Crippen LogP contribution in [0.25, 0.3) is 0 Å². The van der Waals surface area contributed by atoms with E-state index in [-0.39, 0.29) is 21.6 Å². The average Bonchev–Trinajstić information content (AvgIpc) is 2.89. The fourth-order valence-corrected chi connectivity index (χ4v) is 3.99. The SMILES string of the molecule is CC(C)(Br)[C@@]12CC[C@@](C)(O1)[C@@H](OCc1ccccc1)C2. The molecule has 110 valence electrons. The maximum Gasteiger partial charge on any atom is 0.0925 e. The van der Waals surface area contributed by atoms with Crippen LogP contribution in [0.1, 0.15) is 45.6 Å². The van der Waals surface area contributed by atoms with Crippen LogP contribution in [0, 0.1) is 0 Å². The predicted molar refractivity (Wildman–Crippen MR) is 84.1 cm³/mol. The Morgan fingerprint density at radius 1 is 1.30 bits per heavy atom. The van der Waals surface area contributed by atoms with Crippen molar-refractivity contribution in [1.82, 2.24) is 0 Å². The van der Waals surface area contributed by atoms with Gasteiger partial charge in [0.1, 0.15) is 0 Å². The molecule has 0 spiro atoms. The first-order valence-corrected chi connectivity index (χ1v) is 8.19. The van der Waals surface area contributed by atoms with Crippen molar-refractivity contribution in [2.24, 2.45) is 0 Å². The third-order valence-electron chi connectivity index (χ3n) is 5.03. The molecule has 2 aliphatic rings. The zero-order valence-electron chi connectivity index (χ0n) is 12.5. The fourth-order valence-electron chi connectivity index (χ4n) is 3.55. The number of fused-ring (bicyclic) bond motifs is 2. The van der Waals surface area contributed by atoms with Crippen LogP contribution in [-0.2, 0) is 16.1 Å². The third kappa shape index (κ3) is 2.34. The predicted octanol–water partition coefficient (Wildman–Crippen LogP) is 4.46. The molecule has 1 aromatic rings. The summed E-state index contributed by atoms with van der Waals surface area (Å²) in [6.45, 7) is 7.29. The number of halogens is 1. The summed E-state index contributed by atoms with van der Waals surface area (Å²) in [6.07, 6.45) is 3.37.